The van der Waals surface area contributed by atoms with Gasteiger partial charge in [-0.05, 0) is 25.1 Å². The number of benzene rings is 1. The van der Waals surface area contributed by atoms with Crippen molar-refractivity contribution < 1.29 is 17.9 Å². The van der Waals surface area contributed by atoms with Crippen LogP contribution in [0.2, 0.25) is 5.02 Å². The van der Waals surface area contributed by atoms with E-state index in [1.807, 2.05) is 10.3 Å². The van der Waals surface area contributed by atoms with E-state index in [-0.39, 0.29) is 16.5 Å². The zero-order valence-corrected chi connectivity index (χ0v) is 10.5. The van der Waals surface area contributed by atoms with E-state index in [0.717, 1.165) is 0 Å². The maximum atomic E-state index is 11.7. The maximum Gasteiger partial charge on any atom is 0.422 e. The van der Waals surface area contributed by atoms with Crippen LogP contribution in [0.3, 0.4) is 0 Å². The Labute approximate surface area is 104 Å². The number of ether oxygens (including phenoxy) is 1. The Morgan fingerprint density at radius 1 is 1.47 bits per heavy atom. The van der Waals surface area contributed by atoms with Crippen LogP contribution in [0.1, 0.15) is 6.92 Å². The Balaban J connectivity index is 2.73. The van der Waals surface area contributed by atoms with Crippen LogP contribution in [0, 0.1) is 0 Å². The minimum absolute atomic E-state index is 0.0539. The first kappa shape index (κ1) is 13.8. The second-order valence-electron chi connectivity index (χ2n) is 2.91. The highest BCUT2D eigenvalue weighted by Gasteiger charge is 2.15. The Kier molecular flexibility index (Phi) is 4.73. The molecule has 1 amide bonds. The van der Waals surface area contributed by atoms with E-state index in [9.17, 15) is 13.2 Å². The molecule has 2 N–H and O–H groups in total. The molecule has 0 unspecified atom stereocenters. The minimum Gasteiger partial charge on any atom is -0.449 e. The number of carbonyl (C=O) groups is 1. The van der Waals surface area contributed by atoms with Gasteiger partial charge in [0.1, 0.15) is 0 Å². The molecule has 0 saturated heterocycles. The molecule has 17 heavy (non-hydrogen) atoms. The van der Waals surface area contributed by atoms with E-state index in [2.05, 4.69) is 4.74 Å². The highest BCUT2D eigenvalue weighted by atomic mass is 35.5. The van der Waals surface area contributed by atoms with Crippen LogP contribution < -0.4 is 10.3 Å². The van der Waals surface area contributed by atoms with E-state index in [0.29, 0.717) is 0 Å². The van der Waals surface area contributed by atoms with E-state index >= 15 is 0 Å². The highest BCUT2D eigenvalue weighted by Crippen LogP contribution is 2.14. The Morgan fingerprint density at radius 3 is 2.76 bits per heavy atom. The van der Waals surface area contributed by atoms with Crippen molar-refractivity contribution in [1.29, 1.82) is 0 Å². The van der Waals surface area contributed by atoms with Gasteiger partial charge < -0.3 is 4.74 Å². The van der Waals surface area contributed by atoms with Crippen LogP contribution in [-0.4, -0.2) is 21.1 Å². The average Bonchev–Trinajstić information content (AvgIpc) is 2.27. The molecule has 0 bridgehead atoms. The van der Waals surface area contributed by atoms with Crippen LogP contribution in [-0.2, 0) is 14.8 Å². The van der Waals surface area contributed by atoms with Crippen molar-refractivity contribution >= 4 is 27.7 Å². The van der Waals surface area contributed by atoms with Gasteiger partial charge in [-0.25, -0.2) is 18.6 Å². The molecule has 0 aromatic heterocycles. The largest absolute Gasteiger partial charge is 0.449 e. The fraction of sp³-hybridized carbons (Fsp3) is 0.222. The van der Waals surface area contributed by atoms with Crippen LogP contribution in [0.5, 0.6) is 0 Å². The number of halogens is 1. The summed E-state index contributed by atoms with van der Waals surface area (Å²) < 4.78 is 27.8. The van der Waals surface area contributed by atoms with Crippen LogP contribution in [0.15, 0.2) is 29.2 Å². The van der Waals surface area contributed by atoms with Crippen molar-refractivity contribution in [3.8, 4) is 0 Å². The smallest absolute Gasteiger partial charge is 0.422 e. The lowest BCUT2D eigenvalue weighted by Gasteiger charge is -2.08. The molecule has 0 atom stereocenters. The standard InChI is InChI=1S/C9H11ClN2O4S/c1-2-16-9(13)11-12-17(14,15)8-5-3-4-7(10)6-8/h3-6,12H,2H2,1H3,(H,11,13). The molecule has 0 aliphatic carbocycles. The fourth-order valence-corrected chi connectivity index (χ4v) is 2.10. The summed E-state index contributed by atoms with van der Waals surface area (Å²) in [5, 5.41) is 0.281. The molecule has 1 rings (SSSR count). The molecule has 0 spiro atoms. The SMILES string of the molecule is CCOC(=O)NNS(=O)(=O)c1cccc(Cl)c1. The number of carbonyl (C=O) groups excluding carboxylic acids is 1. The molecule has 0 aliphatic rings. The first-order chi connectivity index (χ1) is 7.95. The number of amides is 1. The van der Waals surface area contributed by atoms with E-state index in [4.69, 9.17) is 11.6 Å². The third kappa shape index (κ3) is 4.22. The molecule has 0 saturated carbocycles. The number of nitrogens with one attached hydrogen (secondary N) is 2. The monoisotopic (exact) mass is 278 g/mol. The second-order valence-corrected chi connectivity index (χ2v) is 5.03. The van der Waals surface area contributed by atoms with Crippen LogP contribution in [0.4, 0.5) is 4.79 Å². The zero-order valence-electron chi connectivity index (χ0n) is 8.94. The van der Waals surface area contributed by atoms with Gasteiger partial charge in [0.05, 0.1) is 11.5 Å². The molecule has 0 heterocycles. The van der Waals surface area contributed by atoms with Gasteiger partial charge >= 0.3 is 6.09 Å². The predicted octanol–water partition coefficient (Wildman–Crippen LogP) is 1.28. The van der Waals surface area contributed by atoms with Gasteiger partial charge in [0.15, 0.2) is 0 Å². The van der Waals surface area contributed by atoms with Gasteiger partial charge in [-0.2, -0.15) is 0 Å². The van der Waals surface area contributed by atoms with Crippen molar-refractivity contribution in [2.75, 3.05) is 6.61 Å². The molecule has 94 valence electrons. The van der Waals surface area contributed by atoms with Crippen molar-refractivity contribution in [1.82, 2.24) is 10.3 Å². The summed E-state index contributed by atoms with van der Waals surface area (Å²) in [7, 11) is -3.84. The molecule has 0 radical (unpaired) electrons. The molecule has 8 heteroatoms. The molecule has 0 fully saturated rings. The molecule has 1 aromatic carbocycles. The van der Waals surface area contributed by atoms with Gasteiger partial charge in [-0.15, -0.1) is 4.83 Å². The zero-order chi connectivity index (χ0) is 12.9. The number of hydrogen-bond donors (Lipinski definition) is 2. The summed E-state index contributed by atoms with van der Waals surface area (Å²) >= 11 is 5.66. The summed E-state index contributed by atoms with van der Waals surface area (Å²) in [6.45, 7) is 1.75. The number of rotatable bonds is 4. The summed E-state index contributed by atoms with van der Waals surface area (Å²) in [6, 6.07) is 5.64. The van der Waals surface area contributed by atoms with Crippen LogP contribution >= 0.6 is 11.6 Å². The van der Waals surface area contributed by atoms with E-state index in [1.54, 1.807) is 13.0 Å². The molecule has 1 aromatic rings. The lowest BCUT2D eigenvalue weighted by atomic mass is 10.4. The van der Waals surface area contributed by atoms with Gasteiger partial charge in [-0.1, -0.05) is 17.7 Å². The molecule has 6 nitrogen and oxygen atoms in total. The Hall–Kier alpha value is -1.31. The van der Waals surface area contributed by atoms with E-state index in [1.165, 1.54) is 18.2 Å². The summed E-state index contributed by atoms with van der Waals surface area (Å²) in [5.41, 5.74) is 1.90. The Morgan fingerprint density at radius 2 is 2.18 bits per heavy atom. The van der Waals surface area contributed by atoms with Crippen molar-refractivity contribution in [2.45, 2.75) is 11.8 Å². The summed E-state index contributed by atoms with van der Waals surface area (Å²) in [5.74, 6) is 0. The third-order valence-corrected chi connectivity index (χ3v) is 3.15. The lowest BCUT2D eigenvalue weighted by Crippen LogP contribution is -2.41. The van der Waals surface area contributed by atoms with Crippen molar-refractivity contribution in [3.63, 3.8) is 0 Å². The maximum absolute atomic E-state index is 11.7. The first-order valence-electron chi connectivity index (χ1n) is 4.66. The summed E-state index contributed by atoms with van der Waals surface area (Å²) in [6.07, 6.45) is -0.877. The predicted molar refractivity (Wildman–Crippen MR) is 61.9 cm³/mol. The Bertz CT molecular complexity index is 503. The number of sulfonamides is 1. The normalized spacial score (nSPS) is 10.9. The molecular formula is C9H11ClN2O4S. The number of hydrogen-bond acceptors (Lipinski definition) is 4. The number of hydrazine groups is 1. The van der Waals surface area contributed by atoms with E-state index < -0.39 is 16.1 Å². The van der Waals surface area contributed by atoms with Gasteiger partial charge in [0, 0.05) is 5.02 Å². The van der Waals surface area contributed by atoms with Gasteiger partial charge in [0.2, 0.25) is 0 Å². The minimum atomic E-state index is -3.84. The van der Waals surface area contributed by atoms with Gasteiger partial charge in [-0.3, -0.25) is 0 Å². The molecular weight excluding hydrogens is 268 g/mol. The second kappa shape index (κ2) is 5.85. The average molecular weight is 279 g/mol. The first-order valence-corrected chi connectivity index (χ1v) is 6.52. The van der Waals surface area contributed by atoms with Crippen LogP contribution in [0.25, 0.3) is 0 Å². The topological polar surface area (TPSA) is 84.5 Å². The third-order valence-electron chi connectivity index (χ3n) is 1.67. The lowest BCUT2D eigenvalue weighted by molar-refractivity contribution is 0.150. The highest BCUT2D eigenvalue weighted by molar-refractivity contribution is 7.89. The van der Waals surface area contributed by atoms with Crippen molar-refractivity contribution in [2.24, 2.45) is 0 Å². The van der Waals surface area contributed by atoms with Crippen molar-refractivity contribution in [3.05, 3.63) is 29.3 Å². The molecule has 0 aliphatic heterocycles. The fourth-order valence-electron chi connectivity index (χ4n) is 0.969. The van der Waals surface area contributed by atoms with Gasteiger partial charge in [0.25, 0.3) is 10.0 Å². The summed E-state index contributed by atoms with van der Waals surface area (Å²) in [4.78, 5) is 12.7. The quantitative estimate of drug-likeness (QED) is 0.813.